The molecule has 17 heavy (non-hydrogen) atoms. The van der Waals surface area contributed by atoms with Gasteiger partial charge in [0.15, 0.2) is 0 Å². The van der Waals surface area contributed by atoms with Crippen molar-refractivity contribution in [1.29, 1.82) is 5.26 Å². The van der Waals surface area contributed by atoms with E-state index in [2.05, 4.69) is 13.8 Å². The van der Waals surface area contributed by atoms with Crippen LogP contribution in [0.25, 0.3) is 0 Å². The molecule has 0 heterocycles. The summed E-state index contributed by atoms with van der Waals surface area (Å²) in [6.07, 6.45) is 0.147. The first kappa shape index (κ1) is 13.5. The van der Waals surface area contributed by atoms with Crippen molar-refractivity contribution in [2.24, 2.45) is 0 Å². The number of hydrogen-bond acceptors (Lipinski definition) is 3. The monoisotopic (exact) mass is 233 g/mol. The third kappa shape index (κ3) is 3.47. The number of nitriles is 1. The molecule has 1 rings (SSSR count). The van der Waals surface area contributed by atoms with Crippen LogP contribution in [0.2, 0.25) is 0 Å². The van der Waals surface area contributed by atoms with Crippen molar-refractivity contribution in [3.8, 4) is 11.8 Å². The van der Waals surface area contributed by atoms with Crippen LogP contribution in [-0.4, -0.2) is 12.2 Å². The summed E-state index contributed by atoms with van der Waals surface area (Å²) in [7, 11) is 1.59. The highest BCUT2D eigenvalue weighted by Crippen LogP contribution is 2.31. The predicted molar refractivity (Wildman–Crippen MR) is 66.9 cm³/mol. The summed E-state index contributed by atoms with van der Waals surface area (Å²) in [5.41, 5.74) is 1.94. The van der Waals surface area contributed by atoms with Crippen molar-refractivity contribution < 1.29 is 9.84 Å². The first-order chi connectivity index (χ1) is 8.10. The molecule has 1 unspecified atom stereocenters. The van der Waals surface area contributed by atoms with E-state index in [-0.39, 0.29) is 0 Å². The van der Waals surface area contributed by atoms with E-state index in [1.165, 1.54) is 0 Å². The van der Waals surface area contributed by atoms with Gasteiger partial charge in [0.25, 0.3) is 0 Å². The summed E-state index contributed by atoms with van der Waals surface area (Å²) in [6, 6.07) is 7.89. The molecule has 1 N–H and O–H groups in total. The fourth-order valence-corrected chi connectivity index (χ4v) is 1.73. The van der Waals surface area contributed by atoms with Gasteiger partial charge in [-0.15, -0.1) is 0 Å². The van der Waals surface area contributed by atoms with Crippen molar-refractivity contribution in [1.82, 2.24) is 0 Å². The molecule has 1 aromatic rings. The van der Waals surface area contributed by atoms with Crippen LogP contribution in [0.1, 0.15) is 49.8 Å². The average molecular weight is 233 g/mol. The fraction of sp³-hybridized carbons (Fsp3) is 0.500. The van der Waals surface area contributed by atoms with Crippen LogP contribution in [0.4, 0.5) is 0 Å². The van der Waals surface area contributed by atoms with Gasteiger partial charge in [-0.1, -0.05) is 19.9 Å². The largest absolute Gasteiger partial charge is 0.496 e. The van der Waals surface area contributed by atoms with Crippen molar-refractivity contribution in [2.75, 3.05) is 7.11 Å². The van der Waals surface area contributed by atoms with Gasteiger partial charge in [0.2, 0.25) is 0 Å². The fourth-order valence-electron chi connectivity index (χ4n) is 1.73. The standard InChI is InChI=1S/C14H19NO2/c1-10(2)11-6-7-14(17-3)12(9-11)13(16)5-4-8-15/h6-7,9-10,13,16H,4-5H2,1-3H3. The van der Waals surface area contributed by atoms with Crippen LogP contribution in [0, 0.1) is 11.3 Å². The molecule has 0 spiro atoms. The van der Waals surface area contributed by atoms with Crippen molar-refractivity contribution in [3.05, 3.63) is 29.3 Å². The van der Waals surface area contributed by atoms with E-state index in [1.807, 2.05) is 24.3 Å². The predicted octanol–water partition coefficient (Wildman–Crippen LogP) is 3.16. The Morgan fingerprint density at radius 3 is 2.65 bits per heavy atom. The van der Waals surface area contributed by atoms with Gasteiger partial charge in [0.1, 0.15) is 5.75 Å². The Morgan fingerprint density at radius 2 is 2.12 bits per heavy atom. The van der Waals surface area contributed by atoms with Crippen molar-refractivity contribution >= 4 is 0 Å². The third-order valence-corrected chi connectivity index (χ3v) is 2.81. The van der Waals surface area contributed by atoms with E-state index >= 15 is 0 Å². The minimum atomic E-state index is -0.636. The summed E-state index contributed by atoms with van der Waals surface area (Å²) in [6.45, 7) is 4.21. The number of nitrogens with zero attached hydrogens (tertiary/aromatic N) is 1. The van der Waals surface area contributed by atoms with Crippen molar-refractivity contribution in [3.63, 3.8) is 0 Å². The van der Waals surface area contributed by atoms with Gasteiger partial charge < -0.3 is 9.84 Å². The second kappa shape index (κ2) is 6.27. The van der Waals surface area contributed by atoms with E-state index < -0.39 is 6.10 Å². The number of aliphatic hydroxyl groups excluding tert-OH is 1. The molecule has 0 radical (unpaired) electrons. The van der Waals surface area contributed by atoms with Gasteiger partial charge in [0.05, 0.1) is 19.3 Å². The smallest absolute Gasteiger partial charge is 0.124 e. The molecule has 0 aromatic heterocycles. The molecule has 0 aliphatic carbocycles. The number of ether oxygens (including phenoxy) is 1. The Bertz CT molecular complexity index is 407. The van der Waals surface area contributed by atoms with E-state index in [9.17, 15) is 5.11 Å². The summed E-state index contributed by atoms with van der Waals surface area (Å²) in [5.74, 6) is 1.09. The minimum absolute atomic E-state index is 0.343. The number of rotatable bonds is 5. The molecule has 92 valence electrons. The molecule has 3 nitrogen and oxygen atoms in total. The SMILES string of the molecule is COc1ccc(C(C)C)cc1C(O)CCC#N. The Hall–Kier alpha value is -1.53. The summed E-state index contributed by atoms with van der Waals surface area (Å²) >= 11 is 0. The first-order valence-corrected chi connectivity index (χ1v) is 5.83. The maximum atomic E-state index is 10.0. The summed E-state index contributed by atoms with van der Waals surface area (Å²) in [5, 5.41) is 18.6. The van der Waals surface area contributed by atoms with E-state index in [1.54, 1.807) is 7.11 Å². The second-order valence-electron chi connectivity index (χ2n) is 4.37. The van der Waals surface area contributed by atoms with Crippen LogP contribution in [-0.2, 0) is 0 Å². The van der Waals surface area contributed by atoms with Gasteiger partial charge in [-0.05, 0) is 30.0 Å². The quantitative estimate of drug-likeness (QED) is 0.850. The van der Waals surface area contributed by atoms with Crippen molar-refractivity contribution in [2.45, 2.75) is 38.7 Å². The molecular formula is C14H19NO2. The Balaban J connectivity index is 3.01. The lowest BCUT2D eigenvalue weighted by Crippen LogP contribution is -2.02. The Labute approximate surface area is 103 Å². The lowest BCUT2D eigenvalue weighted by molar-refractivity contribution is 0.165. The van der Waals surface area contributed by atoms with E-state index in [0.29, 0.717) is 24.5 Å². The maximum Gasteiger partial charge on any atom is 0.124 e. The minimum Gasteiger partial charge on any atom is -0.496 e. The van der Waals surface area contributed by atoms with Crippen LogP contribution in [0.5, 0.6) is 5.75 Å². The zero-order chi connectivity index (χ0) is 12.8. The lowest BCUT2D eigenvalue weighted by Gasteiger charge is -2.16. The van der Waals surface area contributed by atoms with E-state index in [4.69, 9.17) is 10.00 Å². The zero-order valence-electron chi connectivity index (χ0n) is 10.6. The molecule has 0 aliphatic heterocycles. The highest BCUT2D eigenvalue weighted by Gasteiger charge is 2.14. The normalized spacial score (nSPS) is 12.2. The average Bonchev–Trinajstić information content (AvgIpc) is 2.34. The van der Waals surface area contributed by atoms with Crippen LogP contribution < -0.4 is 4.74 Å². The Kier molecular flexibility index (Phi) is 4.99. The number of methoxy groups -OCH3 is 1. The lowest BCUT2D eigenvalue weighted by atomic mass is 9.96. The third-order valence-electron chi connectivity index (χ3n) is 2.81. The van der Waals surface area contributed by atoms with Gasteiger partial charge in [-0.2, -0.15) is 5.26 Å². The number of aliphatic hydroxyl groups is 1. The maximum absolute atomic E-state index is 10.0. The van der Waals surface area contributed by atoms with Gasteiger partial charge in [-0.25, -0.2) is 0 Å². The molecule has 0 saturated heterocycles. The Morgan fingerprint density at radius 1 is 1.41 bits per heavy atom. The number of benzene rings is 1. The molecule has 1 aromatic carbocycles. The highest BCUT2D eigenvalue weighted by molar-refractivity contribution is 5.39. The molecule has 0 aliphatic rings. The topological polar surface area (TPSA) is 53.2 Å². The highest BCUT2D eigenvalue weighted by atomic mass is 16.5. The van der Waals surface area contributed by atoms with Gasteiger partial charge >= 0.3 is 0 Å². The van der Waals surface area contributed by atoms with Crippen LogP contribution in [0.3, 0.4) is 0 Å². The first-order valence-electron chi connectivity index (χ1n) is 5.83. The van der Waals surface area contributed by atoms with Gasteiger partial charge in [0, 0.05) is 12.0 Å². The van der Waals surface area contributed by atoms with Gasteiger partial charge in [-0.3, -0.25) is 0 Å². The number of hydrogen-bond donors (Lipinski definition) is 1. The van der Waals surface area contributed by atoms with Crippen LogP contribution >= 0.6 is 0 Å². The molecule has 1 atom stereocenters. The molecule has 3 heteroatoms. The summed E-state index contributed by atoms with van der Waals surface area (Å²) < 4.78 is 5.24. The zero-order valence-corrected chi connectivity index (χ0v) is 10.6. The van der Waals surface area contributed by atoms with E-state index in [0.717, 1.165) is 11.1 Å². The molecule has 0 fully saturated rings. The molecule has 0 bridgehead atoms. The molecular weight excluding hydrogens is 214 g/mol. The second-order valence-corrected chi connectivity index (χ2v) is 4.37. The summed E-state index contributed by atoms with van der Waals surface area (Å²) in [4.78, 5) is 0. The molecule has 0 saturated carbocycles. The van der Waals surface area contributed by atoms with Crippen LogP contribution in [0.15, 0.2) is 18.2 Å². The molecule has 0 amide bonds.